The molecule has 0 atom stereocenters. The molecule has 0 spiro atoms. The Balaban J connectivity index is 2.48. The monoisotopic (exact) mass is 230 g/mol. The van der Waals surface area contributed by atoms with Gasteiger partial charge in [-0.15, -0.1) is 10.2 Å². The van der Waals surface area contributed by atoms with Crippen molar-refractivity contribution in [2.45, 2.75) is 33.7 Å². The van der Waals surface area contributed by atoms with Crippen molar-refractivity contribution in [1.29, 1.82) is 0 Å². The molecule has 17 heavy (non-hydrogen) atoms. The molecule has 90 valence electrons. The van der Waals surface area contributed by atoms with Crippen LogP contribution < -0.4 is 5.73 Å². The SMILES string of the molecule is CCCn1c(C)nnc1-c1ccc(N)c(C)c1. The van der Waals surface area contributed by atoms with Crippen LogP contribution in [0.15, 0.2) is 18.2 Å². The minimum Gasteiger partial charge on any atom is -0.399 e. The van der Waals surface area contributed by atoms with E-state index in [-0.39, 0.29) is 0 Å². The van der Waals surface area contributed by atoms with Gasteiger partial charge in [0.2, 0.25) is 0 Å². The molecule has 0 saturated carbocycles. The smallest absolute Gasteiger partial charge is 0.163 e. The van der Waals surface area contributed by atoms with E-state index in [0.29, 0.717) is 0 Å². The molecule has 0 radical (unpaired) electrons. The van der Waals surface area contributed by atoms with E-state index in [1.54, 1.807) is 0 Å². The molecular weight excluding hydrogens is 212 g/mol. The van der Waals surface area contributed by atoms with Gasteiger partial charge < -0.3 is 10.3 Å². The zero-order chi connectivity index (χ0) is 12.4. The summed E-state index contributed by atoms with van der Waals surface area (Å²) in [5.41, 5.74) is 8.79. The lowest BCUT2D eigenvalue weighted by Crippen LogP contribution is -2.02. The average Bonchev–Trinajstić information content (AvgIpc) is 2.66. The molecule has 2 rings (SSSR count). The summed E-state index contributed by atoms with van der Waals surface area (Å²) in [5, 5.41) is 8.39. The highest BCUT2D eigenvalue weighted by molar-refractivity contribution is 5.62. The van der Waals surface area contributed by atoms with Crippen LogP contribution in [-0.4, -0.2) is 14.8 Å². The Morgan fingerprint density at radius 3 is 2.65 bits per heavy atom. The van der Waals surface area contributed by atoms with Gasteiger partial charge in [0.1, 0.15) is 5.82 Å². The lowest BCUT2D eigenvalue weighted by Gasteiger charge is -2.08. The molecule has 1 aromatic heterocycles. The van der Waals surface area contributed by atoms with Gasteiger partial charge in [0, 0.05) is 17.8 Å². The Kier molecular flexibility index (Phi) is 3.13. The molecule has 0 aliphatic rings. The number of benzene rings is 1. The number of anilines is 1. The quantitative estimate of drug-likeness (QED) is 0.824. The normalized spacial score (nSPS) is 10.8. The van der Waals surface area contributed by atoms with Crippen LogP contribution in [0.5, 0.6) is 0 Å². The molecule has 2 N–H and O–H groups in total. The second kappa shape index (κ2) is 4.57. The topological polar surface area (TPSA) is 56.7 Å². The van der Waals surface area contributed by atoms with Crippen LogP contribution in [0, 0.1) is 13.8 Å². The molecule has 0 amide bonds. The van der Waals surface area contributed by atoms with Crippen LogP contribution in [0.3, 0.4) is 0 Å². The highest BCUT2D eigenvalue weighted by atomic mass is 15.3. The van der Waals surface area contributed by atoms with Crippen molar-refractivity contribution in [3.63, 3.8) is 0 Å². The van der Waals surface area contributed by atoms with E-state index in [1.165, 1.54) is 0 Å². The molecular formula is C13H18N4. The Labute approximate surface area is 101 Å². The van der Waals surface area contributed by atoms with Crippen LogP contribution in [0.25, 0.3) is 11.4 Å². The number of nitrogens with zero attached hydrogens (tertiary/aromatic N) is 3. The maximum atomic E-state index is 5.83. The van der Waals surface area contributed by atoms with Gasteiger partial charge in [-0.25, -0.2) is 0 Å². The Hall–Kier alpha value is -1.84. The molecule has 0 aliphatic carbocycles. The molecule has 2 aromatic rings. The average molecular weight is 230 g/mol. The largest absolute Gasteiger partial charge is 0.399 e. The van der Waals surface area contributed by atoms with Crippen molar-refractivity contribution in [3.05, 3.63) is 29.6 Å². The maximum absolute atomic E-state index is 5.83. The lowest BCUT2D eigenvalue weighted by molar-refractivity contribution is 0.663. The molecule has 4 nitrogen and oxygen atoms in total. The summed E-state index contributed by atoms with van der Waals surface area (Å²) in [6.45, 7) is 7.08. The Morgan fingerprint density at radius 2 is 2.00 bits per heavy atom. The fourth-order valence-electron chi connectivity index (χ4n) is 1.90. The van der Waals surface area contributed by atoms with Gasteiger partial charge in [-0.05, 0) is 44.0 Å². The van der Waals surface area contributed by atoms with Gasteiger partial charge in [-0.2, -0.15) is 0 Å². The van der Waals surface area contributed by atoms with Gasteiger partial charge in [-0.1, -0.05) is 6.92 Å². The summed E-state index contributed by atoms with van der Waals surface area (Å²) in [4.78, 5) is 0. The first kappa shape index (κ1) is 11.6. The molecule has 0 unspecified atom stereocenters. The number of rotatable bonds is 3. The number of aromatic nitrogens is 3. The molecule has 0 bridgehead atoms. The summed E-state index contributed by atoms with van der Waals surface area (Å²) >= 11 is 0. The van der Waals surface area contributed by atoms with E-state index >= 15 is 0 Å². The molecule has 4 heteroatoms. The predicted octanol–water partition coefficient (Wildman–Crippen LogP) is 2.55. The molecule has 0 saturated heterocycles. The second-order valence-corrected chi connectivity index (χ2v) is 4.29. The first-order chi connectivity index (χ1) is 8.13. The summed E-state index contributed by atoms with van der Waals surface area (Å²) in [6, 6.07) is 5.98. The third kappa shape index (κ3) is 2.16. The number of hydrogen-bond acceptors (Lipinski definition) is 3. The number of nitrogens with two attached hydrogens (primary N) is 1. The minimum atomic E-state index is 0.812. The molecule has 0 fully saturated rings. The van der Waals surface area contributed by atoms with Crippen LogP contribution in [0.2, 0.25) is 0 Å². The molecule has 1 heterocycles. The van der Waals surface area contributed by atoms with Crippen LogP contribution in [-0.2, 0) is 6.54 Å². The van der Waals surface area contributed by atoms with Crippen molar-refractivity contribution < 1.29 is 0 Å². The van der Waals surface area contributed by atoms with E-state index in [2.05, 4.69) is 27.8 Å². The second-order valence-electron chi connectivity index (χ2n) is 4.29. The summed E-state index contributed by atoms with van der Waals surface area (Å²) in [5.74, 6) is 1.88. The highest BCUT2D eigenvalue weighted by Crippen LogP contribution is 2.22. The first-order valence-corrected chi connectivity index (χ1v) is 5.89. The first-order valence-electron chi connectivity index (χ1n) is 5.89. The lowest BCUT2D eigenvalue weighted by atomic mass is 10.1. The van der Waals surface area contributed by atoms with Crippen molar-refractivity contribution in [3.8, 4) is 11.4 Å². The predicted molar refractivity (Wildman–Crippen MR) is 69.6 cm³/mol. The van der Waals surface area contributed by atoms with E-state index < -0.39 is 0 Å². The van der Waals surface area contributed by atoms with Crippen LogP contribution >= 0.6 is 0 Å². The van der Waals surface area contributed by atoms with Crippen molar-refractivity contribution in [1.82, 2.24) is 14.8 Å². The van der Waals surface area contributed by atoms with Gasteiger partial charge in [-0.3, -0.25) is 0 Å². The van der Waals surface area contributed by atoms with Gasteiger partial charge in [0.05, 0.1) is 0 Å². The fraction of sp³-hybridized carbons (Fsp3) is 0.385. The van der Waals surface area contributed by atoms with Gasteiger partial charge in [0.15, 0.2) is 5.82 Å². The molecule has 0 aliphatic heterocycles. The van der Waals surface area contributed by atoms with Crippen molar-refractivity contribution in [2.24, 2.45) is 0 Å². The number of aryl methyl sites for hydroxylation is 2. The summed E-state index contributed by atoms with van der Waals surface area (Å²) < 4.78 is 2.14. The van der Waals surface area contributed by atoms with E-state index in [4.69, 9.17) is 5.73 Å². The van der Waals surface area contributed by atoms with Crippen LogP contribution in [0.1, 0.15) is 24.7 Å². The maximum Gasteiger partial charge on any atom is 0.163 e. The zero-order valence-corrected chi connectivity index (χ0v) is 10.6. The van der Waals surface area contributed by atoms with E-state index in [0.717, 1.165) is 41.4 Å². The minimum absolute atomic E-state index is 0.812. The zero-order valence-electron chi connectivity index (χ0n) is 10.6. The summed E-state index contributed by atoms with van der Waals surface area (Å²) in [6.07, 6.45) is 1.07. The Morgan fingerprint density at radius 1 is 1.24 bits per heavy atom. The third-order valence-corrected chi connectivity index (χ3v) is 2.91. The van der Waals surface area contributed by atoms with Crippen molar-refractivity contribution in [2.75, 3.05) is 5.73 Å². The highest BCUT2D eigenvalue weighted by Gasteiger charge is 2.10. The molecule has 1 aromatic carbocycles. The van der Waals surface area contributed by atoms with E-state index in [9.17, 15) is 0 Å². The van der Waals surface area contributed by atoms with Crippen LogP contribution in [0.4, 0.5) is 5.69 Å². The van der Waals surface area contributed by atoms with Crippen molar-refractivity contribution >= 4 is 5.69 Å². The van der Waals surface area contributed by atoms with E-state index in [1.807, 2.05) is 26.0 Å². The summed E-state index contributed by atoms with van der Waals surface area (Å²) in [7, 11) is 0. The third-order valence-electron chi connectivity index (χ3n) is 2.91. The Bertz CT molecular complexity index is 528. The number of nitrogen functional groups attached to an aromatic ring is 1. The standard InChI is InChI=1S/C13H18N4/c1-4-7-17-10(3)15-16-13(17)11-5-6-12(14)9(2)8-11/h5-6,8H,4,7,14H2,1-3H3. The fourth-order valence-corrected chi connectivity index (χ4v) is 1.90. The van der Waals surface area contributed by atoms with Gasteiger partial charge >= 0.3 is 0 Å². The number of hydrogen-bond donors (Lipinski definition) is 1. The van der Waals surface area contributed by atoms with Gasteiger partial charge in [0.25, 0.3) is 0 Å².